The third kappa shape index (κ3) is 3.12. The summed E-state index contributed by atoms with van der Waals surface area (Å²) in [6.07, 6.45) is 1.68. The minimum atomic E-state index is -0.181. The summed E-state index contributed by atoms with van der Waals surface area (Å²) in [5, 5.41) is 2.93. The highest BCUT2D eigenvalue weighted by molar-refractivity contribution is 9.10. The SMILES string of the molecule is CN(C)c1ncc(Br)cc1C(=O)NCc1nc2ccccc2n1C. The van der Waals surface area contributed by atoms with Gasteiger partial charge in [-0.1, -0.05) is 12.1 Å². The van der Waals surface area contributed by atoms with Crippen LogP contribution in [-0.4, -0.2) is 34.5 Å². The Kier molecular flexibility index (Phi) is 4.53. The number of amides is 1. The second-order valence-electron chi connectivity index (χ2n) is 5.68. The maximum Gasteiger partial charge on any atom is 0.255 e. The Morgan fingerprint density at radius 3 is 2.79 bits per heavy atom. The van der Waals surface area contributed by atoms with Gasteiger partial charge >= 0.3 is 0 Å². The number of halogens is 1. The molecular weight excluding hydrogens is 370 g/mol. The predicted octanol–water partition coefficient (Wildman–Crippen LogP) is 2.73. The number of hydrogen-bond donors (Lipinski definition) is 1. The summed E-state index contributed by atoms with van der Waals surface area (Å²) >= 11 is 3.37. The lowest BCUT2D eigenvalue weighted by Crippen LogP contribution is -2.27. The summed E-state index contributed by atoms with van der Waals surface area (Å²) in [7, 11) is 5.67. The highest BCUT2D eigenvalue weighted by Gasteiger charge is 2.16. The minimum absolute atomic E-state index is 0.181. The Bertz CT molecular complexity index is 903. The fraction of sp³-hybridized carbons (Fsp3) is 0.235. The van der Waals surface area contributed by atoms with Gasteiger partial charge in [0.2, 0.25) is 0 Å². The van der Waals surface area contributed by atoms with E-state index in [9.17, 15) is 4.79 Å². The van der Waals surface area contributed by atoms with Crippen molar-refractivity contribution in [2.45, 2.75) is 6.54 Å². The number of benzene rings is 1. The average Bonchev–Trinajstić information content (AvgIpc) is 2.89. The Labute approximate surface area is 148 Å². The summed E-state index contributed by atoms with van der Waals surface area (Å²) < 4.78 is 2.75. The molecule has 0 saturated heterocycles. The molecule has 0 saturated carbocycles. The van der Waals surface area contributed by atoms with Gasteiger partial charge < -0.3 is 14.8 Å². The molecule has 124 valence electrons. The number of carbonyl (C=O) groups is 1. The highest BCUT2D eigenvalue weighted by Crippen LogP contribution is 2.20. The molecule has 0 atom stereocenters. The zero-order chi connectivity index (χ0) is 17.3. The number of nitrogens with one attached hydrogen (secondary N) is 1. The van der Waals surface area contributed by atoms with E-state index in [1.807, 2.05) is 54.9 Å². The Morgan fingerprint density at radius 2 is 2.08 bits per heavy atom. The van der Waals surface area contributed by atoms with Crippen LogP contribution in [0.5, 0.6) is 0 Å². The molecule has 0 aliphatic carbocycles. The van der Waals surface area contributed by atoms with Gasteiger partial charge in [0.15, 0.2) is 0 Å². The van der Waals surface area contributed by atoms with E-state index >= 15 is 0 Å². The molecule has 3 aromatic rings. The molecule has 1 aromatic carbocycles. The number of pyridine rings is 1. The Hall–Kier alpha value is -2.41. The smallest absolute Gasteiger partial charge is 0.255 e. The van der Waals surface area contributed by atoms with Crippen LogP contribution in [0, 0.1) is 0 Å². The van der Waals surface area contributed by atoms with Crippen LogP contribution in [0.15, 0.2) is 41.0 Å². The molecule has 7 heteroatoms. The van der Waals surface area contributed by atoms with Crippen LogP contribution >= 0.6 is 15.9 Å². The van der Waals surface area contributed by atoms with Gasteiger partial charge in [-0.2, -0.15) is 0 Å². The molecule has 2 heterocycles. The van der Waals surface area contributed by atoms with E-state index < -0.39 is 0 Å². The summed E-state index contributed by atoms with van der Waals surface area (Å²) in [6, 6.07) is 9.67. The van der Waals surface area contributed by atoms with Crippen molar-refractivity contribution in [1.82, 2.24) is 19.9 Å². The predicted molar refractivity (Wildman–Crippen MR) is 98.1 cm³/mol. The lowest BCUT2D eigenvalue weighted by atomic mass is 10.2. The number of aromatic nitrogens is 3. The van der Waals surface area contributed by atoms with Crippen LogP contribution in [-0.2, 0) is 13.6 Å². The number of aryl methyl sites for hydroxylation is 1. The van der Waals surface area contributed by atoms with Crippen LogP contribution < -0.4 is 10.2 Å². The van der Waals surface area contributed by atoms with Crippen LogP contribution in [0.1, 0.15) is 16.2 Å². The normalized spacial score (nSPS) is 10.8. The van der Waals surface area contributed by atoms with E-state index in [2.05, 4.69) is 31.2 Å². The number of nitrogens with zero attached hydrogens (tertiary/aromatic N) is 4. The molecule has 1 amide bonds. The van der Waals surface area contributed by atoms with Crippen LogP contribution in [0.2, 0.25) is 0 Å². The molecule has 0 aliphatic rings. The second kappa shape index (κ2) is 6.60. The molecule has 3 rings (SSSR count). The zero-order valence-corrected chi connectivity index (χ0v) is 15.3. The van der Waals surface area contributed by atoms with Gasteiger partial charge in [-0.15, -0.1) is 0 Å². The van der Waals surface area contributed by atoms with E-state index in [4.69, 9.17) is 0 Å². The third-order valence-electron chi connectivity index (χ3n) is 3.79. The summed E-state index contributed by atoms with van der Waals surface area (Å²) in [4.78, 5) is 23.3. The molecule has 0 spiro atoms. The van der Waals surface area contributed by atoms with Crippen molar-refractivity contribution in [2.75, 3.05) is 19.0 Å². The van der Waals surface area contributed by atoms with Crippen molar-refractivity contribution in [1.29, 1.82) is 0 Å². The van der Waals surface area contributed by atoms with Crippen LogP contribution in [0.25, 0.3) is 11.0 Å². The number of hydrogen-bond acceptors (Lipinski definition) is 4. The van der Waals surface area contributed by atoms with Gasteiger partial charge in [0.25, 0.3) is 5.91 Å². The van der Waals surface area contributed by atoms with E-state index in [1.165, 1.54) is 0 Å². The standard InChI is InChI=1S/C17H18BrN5O/c1-22(2)16-12(8-11(18)9-19-16)17(24)20-10-15-21-13-6-4-5-7-14(13)23(15)3/h4-9H,10H2,1-3H3,(H,20,24). The van der Waals surface area contributed by atoms with Gasteiger partial charge in [0, 0.05) is 31.8 Å². The maximum atomic E-state index is 12.6. The van der Waals surface area contributed by atoms with Crippen molar-refractivity contribution in [3.05, 3.63) is 52.4 Å². The lowest BCUT2D eigenvalue weighted by Gasteiger charge is -2.16. The largest absolute Gasteiger partial charge is 0.362 e. The topological polar surface area (TPSA) is 63.1 Å². The average molecular weight is 388 g/mol. The van der Waals surface area contributed by atoms with Gasteiger partial charge in [0.05, 0.1) is 23.1 Å². The Morgan fingerprint density at radius 1 is 1.33 bits per heavy atom. The van der Waals surface area contributed by atoms with E-state index in [1.54, 1.807) is 12.3 Å². The first-order valence-electron chi connectivity index (χ1n) is 7.49. The van der Waals surface area contributed by atoms with Gasteiger partial charge in [-0.25, -0.2) is 9.97 Å². The number of rotatable bonds is 4. The summed E-state index contributed by atoms with van der Waals surface area (Å²) in [6.45, 7) is 0.351. The first kappa shape index (κ1) is 16.4. The highest BCUT2D eigenvalue weighted by atomic mass is 79.9. The lowest BCUT2D eigenvalue weighted by molar-refractivity contribution is 0.0950. The minimum Gasteiger partial charge on any atom is -0.362 e. The van der Waals surface area contributed by atoms with E-state index in [-0.39, 0.29) is 5.91 Å². The number of fused-ring (bicyclic) bond motifs is 1. The second-order valence-corrected chi connectivity index (χ2v) is 6.59. The van der Waals surface area contributed by atoms with E-state index in [0.717, 1.165) is 21.3 Å². The number of carbonyl (C=O) groups excluding carboxylic acids is 1. The molecule has 0 radical (unpaired) electrons. The van der Waals surface area contributed by atoms with Gasteiger partial charge in [-0.05, 0) is 34.1 Å². The molecule has 1 N–H and O–H groups in total. The number of anilines is 1. The van der Waals surface area contributed by atoms with Crippen molar-refractivity contribution < 1.29 is 4.79 Å². The van der Waals surface area contributed by atoms with Crippen molar-refractivity contribution >= 4 is 38.7 Å². The van der Waals surface area contributed by atoms with E-state index in [0.29, 0.717) is 17.9 Å². The number of para-hydroxylation sites is 2. The van der Waals surface area contributed by atoms with Crippen LogP contribution in [0.4, 0.5) is 5.82 Å². The summed E-state index contributed by atoms with van der Waals surface area (Å²) in [5.41, 5.74) is 2.48. The molecular formula is C17H18BrN5O. The quantitative estimate of drug-likeness (QED) is 0.747. The molecule has 6 nitrogen and oxygen atoms in total. The zero-order valence-electron chi connectivity index (χ0n) is 13.7. The van der Waals surface area contributed by atoms with Crippen molar-refractivity contribution in [3.63, 3.8) is 0 Å². The third-order valence-corrected chi connectivity index (χ3v) is 4.22. The fourth-order valence-electron chi connectivity index (χ4n) is 2.56. The molecule has 24 heavy (non-hydrogen) atoms. The molecule has 0 unspecified atom stereocenters. The molecule has 2 aromatic heterocycles. The molecule has 0 aliphatic heterocycles. The van der Waals surface area contributed by atoms with Crippen molar-refractivity contribution in [3.8, 4) is 0 Å². The first-order chi connectivity index (χ1) is 11.5. The van der Waals surface area contributed by atoms with Crippen LogP contribution in [0.3, 0.4) is 0 Å². The van der Waals surface area contributed by atoms with Gasteiger partial charge in [-0.3, -0.25) is 4.79 Å². The monoisotopic (exact) mass is 387 g/mol. The fourth-order valence-corrected chi connectivity index (χ4v) is 2.89. The summed E-state index contributed by atoms with van der Waals surface area (Å²) in [5.74, 6) is 1.25. The maximum absolute atomic E-state index is 12.6. The molecule has 0 fully saturated rings. The first-order valence-corrected chi connectivity index (χ1v) is 8.28. The number of imidazole rings is 1. The van der Waals surface area contributed by atoms with Crippen molar-refractivity contribution in [2.24, 2.45) is 7.05 Å². The Balaban J connectivity index is 1.83. The molecule has 0 bridgehead atoms. The van der Waals surface area contributed by atoms with Gasteiger partial charge in [0.1, 0.15) is 11.6 Å².